The summed E-state index contributed by atoms with van der Waals surface area (Å²) in [5.41, 5.74) is 1.42. The second-order valence-corrected chi connectivity index (χ2v) is 12.0. The van der Waals surface area contributed by atoms with Crippen molar-refractivity contribution in [1.29, 1.82) is 0 Å². The lowest BCUT2D eigenvalue weighted by Crippen LogP contribution is -2.54. The predicted octanol–water partition coefficient (Wildman–Crippen LogP) is 3.43. The zero-order chi connectivity index (χ0) is 32.5. The van der Waals surface area contributed by atoms with Crippen LogP contribution >= 0.6 is 0 Å². The van der Waals surface area contributed by atoms with Gasteiger partial charge in [0.25, 0.3) is 5.91 Å². The summed E-state index contributed by atoms with van der Waals surface area (Å²) >= 11 is 0. The SMILES string of the molecule is COc1cccc(CCCNC(=O)[C@@H]2CCC(=O)NC3(CC3)C(=O)N(C)[C@@H](Cc3ccccc3)COc3ccccc3C(=O)N2)c1. The maximum absolute atomic E-state index is 13.8. The molecule has 10 heteroatoms. The average molecular weight is 627 g/mol. The van der Waals surface area contributed by atoms with E-state index in [2.05, 4.69) is 16.0 Å². The largest absolute Gasteiger partial charge is 0.497 e. The molecular weight excluding hydrogens is 584 g/mol. The monoisotopic (exact) mass is 626 g/mol. The van der Waals surface area contributed by atoms with Crippen LogP contribution in [0.25, 0.3) is 0 Å². The van der Waals surface area contributed by atoms with E-state index in [-0.39, 0.29) is 48.8 Å². The maximum atomic E-state index is 13.8. The molecule has 4 amide bonds. The van der Waals surface area contributed by atoms with Gasteiger partial charge in [-0.3, -0.25) is 19.2 Å². The number of carbonyl (C=O) groups is 4. The molecule has 10 nitrogen and oxygen atoms in total. The van der Waals surface area contributed by atoms with Crippen molar-refractivity contribution in [2.24, 2.45) is 0 Å². The first-order valence-corrected chi connectivity index (χ1v) is 15.8. The van der Waals surface area contributed by atoms with Gasteiger partial charge in [-0.15, -0.1) is 0 Å². The van der Waals surface area contributed by atoms with Gasteiger partial charge in [0.15, 0.2) is 0 Å². The molecule has 242 valence electrons. The number of nitrogens with one attached hydrogen (secondary N) is 3. The number of rotatable bonds is 8. The van der Waals surface area contributed by atoms with Gasteiger partial charge in [-0.2, -0.15) is 0 Å². The molecule has 3 aromatic carbocycles. The lowest BCUT2D eigenvalue weighted by atomic mass is 10.0. The van der Waals surface area contributed by atoms with Crippen LogP contribution in [0, 0.1) is 0 Å². The molecule has 1 aliphatic carbocycles. The van der Waals surface area contributed by atoms with E-state index in [1.54, 1.807) is 43.3 Å². The molecule has 3 aromatic rings. The topological polar surface area (TPSA) is 126 Å². The van der Waals surface area contributed by atoms with Crippen molar-refractivity contribution in [3.05, 3.63) is 95.6 Å². The molecule has 1 spiro atoms. The summed E-state index contributed by atoms with van der Waals surface area (Å²) < 4.78 is 11.5. The van der Waals surface area contributed by atoms with Gasteiger partial charge < -0.3 is 30.3 Å². The van der Waals surface area contributed by atoms with Crippen molar-refractivity contribution >= 4 is 23.6 Å². The highest BCUT2D eigenvalue weighted by atomic mass is 16.5. The molecule has 0 radical (unpaired) electrons. The molecule has 1 aliphatic heterocycles. The third-order valence-corrected chi connectivity index (χ3v) is 8.64. The number of aryl methyl sites for hydroxylation is 1. The minimum atomic E-state index is -0.972. The Morgan fingerprint density at radius 3 is 2.50 bits per heavy atom. The first kappa shape index (κ1) is 32.5. The summed E-state index contributed by atoms with van der Waals surface area (Å²) in [6.07, 6.45) is 3.05. The van der Waals surface area contributed by atoms with Gasteiger partial charge >= 0.3 is 0 Å². The minimum Gasteiger partial charge on any atom is -0.497 e. The van der Waals surface area contributed by atoms with Crippen LogP contribution in [-0.2, 0) is 27.2 Å². The van der Waals surface area contributed by atoms with Gasteiger partial charge in [0, 0.05) is 20.0 Å². The van der Waals surface area contributed by atoms with Gasteiger partial charge in [-0.25, -0.2) is 0 Å². The number of likely N-dealkylation sites (N-methyl/N-ethyl adjacent to an activating group) is 1. The van der Waals surface area contributed by atoms with Crippen LogP contribution in [0.1, 0.15) is 53.6 Å². The summed E-state index contributed by atoms with van der Waals surface area (Å²) in [6.45, 7) is 0.518. The smallest absolute Gasteiger partial charge is 0.255 e. The van der Waals surface area contributed by atoms with E-state index < -0.39 is 17.5 Å². The summed E-state index contributed by atoms with van der Waals surface area (Å²) in [4.78, 5) is 55.5. The molecule has 46 heavy (non-hydrogen) atoms. The zero-order valence-electron chi connectivity index (χ0n) is 26.4. The molecule has 3 N–H and O–H groups in total. The van der Waals surface area contributed by atoms with Crippen molar-refractivity contribution in [3.8, 4) is 11.5 Å². The Bertz CT molecular complexity index is 1540. The number of benzene rings is 3. The van der Waals surface area contributed by atoms with E-state index in [1.165, 1.54) is 0 Å². The van der Waals surface area contributed by atoms with Crippen LogP contribution in [0.3, 0.4) is 0 Å². The lowest BCUT2D eigenvalue weighted by Gasteiger charge is -2.32. The lowest BCUT2D eigenvalue weighted by molar-refractivity contribution is -0.139. The maximum Gasteiger partial charge on any atom is 0.255 e. The van der Waals surface area contributed by atoms with Crippen molar-refractivity contribution in [1.82, 2.24) is 20.9 Å². The molecule has 0 unspecified atom stereocenters. The Balaban J connectivity index is 1.32. The fourth-order valence-corrected chi connectivity index (χ4v) is 5.75. The van der Waals surface area contributed by atoms with Crippen molar-refractivity contribution in [3.63, 3.8) is 0 Å². The summed E-state index contributed by atoms with van der Waals surface area (Å²) in [7, 11) is 3.35. The molecule has 0 bridgehead atoms. The summed E-state index contributed by atoms with van der Waals surface area (Å²) in [6, 6.07) is 23.1. The standard InChI is InChI=1S/C36H42N4O6/c1-40-27(22-25-10-4-3-5-11-25)24-46-31-16-7-6-15-29(31)33(42)38-30(17-18-32(41)39-36(19-20-36)35(40)44)34(43)37-21-9-13-26-12-8-14-28(23-26)45-2/h3-8,10-12,14-16,23,27,30H,9,13,17-22,24H2,1-2H3,(H,37,43)(H,38,42)(H,39,41)/t27-,30-/m0/s1. The Labute approximate surface area is 269 Å². The van der Waals surface area contributed by atoms with Gasteiger partial charge in [0.1, 0.15) is 29.7 Å². The molecule has 0 aromatic heterocycles. The third-order valence-electron chi connectivity index (χ3n) is 8.64. The fourth-order valence-electron chi connectivity index (χ4n) is 5.75. The number of ether oxygens (including phenoxy) is 2. The van der Waals surface area contributed by atoms with E-state index in [9.17, 15) is 19.2 Å². The number of carbonyl (C=O) groups excluding carboxylic acids is 4. The Morgan fingerprint density at radius 1 is 1.00 bits per heavy atom. The Kier molecular flexibility index (Phi) is 10.6. The highest BCUT2D eigenvalue weighted by Gasteiger charge is 2.53. The molecule has 1 fully saturated rings. The van der Waals surface area contributed by atoms with Gasteiger partial charge in [0.05, 0.1) is 18.7 Å². The van der Waals surface area contributed by atoms with Crippen LogP contribution in [0.5, 0.6) is 11.5 Å². The van der Waals surface area contributed by atoms with Crippen LogP contribution < -0.4 is 25.4 Å². The average Bonchev–Trinajstić information content (AvgIpc) is 3.86. The van der Waals surface area contributed by atoms with Gasteiger partial charge in [0.2, 0.25) is 17.7 Å². The third kappa shape index (κ3) is 8.24. The predicted molar refractivity (Wildman–Crippen MR) is 174 cm³/mol. The number of para-hydroxylation sites is 1. The van der Waals surface area contributed by atoms with Crippen LogP contribution in [0.15, 0.2) is 78.9 Å². The van der Waals surface area contributed by atoms with Crippen molar-refractivity contribution in [2.75, 3.05) is 27.3 Å². The van der Waals surface area contributed by atoms with E-state index in [0.29, 0.717) is 38.0 Å². The molecule has 5 rings (SSSR count). The number of hydrogen-bond acceptors (Lipinski definition) is 6. The molecular formula is C36H42N4O6. The number of hydrogen-bond donors (Lipinski definition) is 3. The Morgan fingerprint density at radius 2 is 1.74 bits per heavy atom. The first-order valence-electron chi connectivity index (χ1n) is 15.8. The molecule has 1 heterocycles. The number of methoxy groups -OCH3 is 1. The van der Waals surface area contributed by atoms with E-state index in [4.69, 9.17) is 9.47 Å². The quantitative estimate of drug-likeness (QED) is 0.329. The number of amides is 4. The number of fused-ring (bicyclic) bond motifs is 1. The summed E-state index contributed by atoms with van der Waals surface area (Å²) in [5.74, 6) is -0.250. The zero-order valence-corrected chi connectivity index (χ0v) is 26.4. The van der Waals surface area contributed by atoms with E-state index >= 15 is 0 Å². The highest BCUT2D eigenvalue weighted by Crippen LogP contribution is 2.38. The van der Waals surface area contributed by atoms with E-state index in [1.807, 2.05) is 54.6 Å². The number of nitrogens with zero attached hydrogens (tertiary/aromatic N) is 1. The Hall–Kier alpha value is -4.86. The van der Waals surface area contributed by atoms with Gasteiger partial charge in [-0.05, 0) is 73.9 Å². The van der Waals surface area contributed by atoms with Crippen LogP contribution in [-0.4, -0.2) is 73.5 Å². The molecule has 2 atom stereocenters. The van der Waals surface area contributed by atoms with E-state index in [0.717, 1.165) is 23.3 Å². The summed E-state index contributed by atoms with van der Waals surface area (Å²) in [5, 5.41) is 8.70. The van der Waals surface area contributed by atoms with Crippen molar-refractivity contribution < 1.29 is 28.7 Å². The second kappa shape index (κ2) is 14.9. The second-order valence-electron chi connectivity index (χ2n) is 12.0. The van der Waals surface area contributed by atoms with Crippen LogP contribution in [0.4, 0.5) is 0 Å². The van der Waals surface area contributed by atoms with Gasteiger partial charge in [-0.1, -0.05) is 54.6 Å². The fraction of sp³-hybridized carbons (Fsp3) is 0.389. The first-order chi connectivity index (χ1) is 22.3. The van der Waals surface area contributed by atoms with Crippen molar-refractivity contribution in [2.45, 2.75) is 62.6 Å². The highest BCUT2D eigenvalue weighted by molar-refractivity contribution is 6.00. The molecule has 0 saturated heterocycles. The molecule has 2 aliphatic rings. The van der Waals surface area contributed by atoms with Crippen LogP contribution in [0.2, 0.25) is 0 Å². The normalized spacial score (nSPS) is 19.9. The minimum absolute atomic E-state index is 0.0352. The molecule has 1 saturated carbocycles.